The molecule has 32 heavy (non-hydrogen) atoms. The van der Waals surface area contributed by atoms with Gasteiger partial charge in [-0.3, -0.25) is 9.10 Å². The number of para-hydroxylation sites is 1. The van der Waals surface area contributed by atoms with E-state index in [2.05, 4.69) is 0 Å². The standard InChI is InChI=1S/C25H28N2O4S/c1-19-9-13-22(14-10-19)27(32(29,30)23-15-11-20(2)12-16-23)18-25(28)26(3)17-21-7-5-6-8-24(21)31-4/h5-16H,17-18H2,1-4H3. The summed E-state index contributed by atoms with van der Waals surface area (Å²) in [7, 11) is -0.706. The van der Waals surface area contributed by atoms with Gasteiger partial charge >= 0.3 is 0 Å². The molecule has 3 aromatic rings. The van der Waals surface area contributed by atoms with Crippen molar-refractivity contribution in [2.45, 2.75) is 25.3 Å². The maximum Gasteiger partial charge on any atom is 0.264 e. The van der Waals surface area contributed by atoms with E-state index >= 15 is 0 Å². The molecule has 0 spiro atoms. The zero-order valence-corrected chi connectivity index (χ0v) is 19.6. The van der Waals surface area contributed by atoms with Crippen LogP contribution in [0.25, 0.3) is 0 Å². The number of benzene rings is 3. The summed E-state index contributed by atoms with van der Waals surface area (Å²) >= 11 is 0. The van der Waals surface area contributed by atoms with Gasteiger partial charge in [0, 0.05) is 19.2 Å². The van der Waals surface area contributed by atoms with Crippen LogP contribution in [0, 0.1) is 13.8 Å². The Kier molecular flexibility index (Phi) is 7.20. The van der Waals surface area contributed by atoms with Crippen LogP contribution in [0.1, 0.15) is 16.7 Å². The smallest absolute Gasteiger partial charge is 0.264 e. The summed E-state index contributed by atoms with van der Waals surface area (Å²) in [5.74, 6) is 0.349. The molecule has 0 atom stereocenters. The summed E-state index contributed by atoms with van der Waals surface area (Å²) < 4.78 is 33.5. The fourth-order valence-electron chi connectivity index (χ4n) is 3.28. The van der Waals surface area contributed by atoms with Gasteiger partial charge in [0.25, 0.3) is 10.0 Å². The van der Waals surface area contributed by atoms with Crippen molar-refractivity contribution < 1.29 is 17.9 Å². The SMILES string of the molecule is COc1ccccc1CN(C)C(=O)CN(c1ccc(C)cc1)S(=O)(=O)c1ccc(C)cc1. The molecule has 0 aliphatic heterocycles. The number of amides is 1. The van der Waals surface area contributed by atoms with Gasteiger partial charge in [0.05, 0.1) is 17.7 Å². The van der Waals surface area contributed by atoms with Crippen LogP contribution in [-0.2, 0) is 21.4 Å². The highest BCUT2D eigenvalue weighted by molar-refractivity contribution is 7.92. The molecule has 0 fully saturated rings. The van der Waals surface area contributed by atoms with Crippen molar-refractivity contribution in [3.8, 4) is 5.75 Å². The van der Waals surface area contributed by atoms with Crippen LogP contribution in [0.15, 0.2) is 77.7 Å². The van der Waals surface area contributed by atoms with Gasteiger partial charge in [-0.25, -0.2) is 8.42 Å². The topological polar surface area (TPSA) is 66.9 Å². The molecule has 0 aliphatic carbocycles. The lowest BCUT2D eigenvalue weighted by molar-refractivity contribution is -0.128. The van der Waals surface area contributed by atoms with Gasteiger partial charge < -0.3 is 9.64 Å². The van der Waals surface area contributed by atoms with E-state index < -0.39 is 10.0 Å². The second kappa shape index (κ2) is 9.87. The first-order chi connectivity index (χ1) is 15.2. The monoisotopic (exact) mass is 452 g/mol. The maximum atomic E-state index is 13.5. The number of likely N-dealkylation sites (N-methyl/N-ethyl adjacent to an activating group) is 1. The molecule has 0 aromatic heterocycles. The summed E-state index contributed by atoms with van der Waals surface area (Å²) in [4.78, 5) is 14.8. The van der Waals surface area contributed by atoms with E-state index in [9.17, 15) is 13.2 Å². The van der Waals surface area contributed by atoms with E-state index in [1.807, 2.05) is 50.2 Å². The van der Waals surface area contributed by atoms with Crippen LogP contribution in [-0.4, -0.2) is 39.9 Å². The number of hydrogen-bond acceptors (Lipinski definition) is 4. The lowest BCUT2D eigenvalue weighted by Gasteiger charge is -2.27. The van der Waals surface area contributed by atoms with E-state index in [1.165, 1.54) is 4.90 Å². The van der Waals surface area contributed by atoms with E-state index in [4.69, 9.17) is 4.74 Å². The fourth-order valence-corrected chi connectivity index (χ4v) is 4.70. The predicted octanol–water partition coefficient (Wildman–Crippen LogP) is 4.17. The molecule has 6 nitrogen and oxygen atoms in total. The summed E-state index contributed by atoms with van der Waals surface area (Å²) in [6, 6.07) is 21.1. The van der Waals surface area contributed by atoms with Gasteiger partial charge in [0.1, 0.15) is 12.3 Å². The second-order valence-electron chi connectivity index (χ2n) is 7.72. The van der Waals surface area contributed by atoms with Crippen molar-refractivity contribution >= 4 is 21.6 Å². The number of carbonyl (C=O) groups excluding carboxylic acids is 1. The Morgan fingerprint density at radius 1 is 0.875 bits per heavy atom. The number of ether oxygens (including phenoxy) is 1. The summed E-state index contributed by atoms with van der Waals surface area (Å²) in [5, 5.41) is 0. The van der Waals surface area contributed by atoms with Gasteiger partial charge in [-0.2, -0.15) is 0 Å². The van der Waals surface area contributed by atoms with Crippen LogP contribution in [0.3, 0.4) is 0 Å². The summed E-state index contributed by atoms with van der Waals surface area (Å²) in [5.41, 5.74) is 3.24. The van der Waals surface area contributed by atoms with E-state index in [1.54, 1.807) is 50.6 Å². The molecule has 0 N–H and O–H groups in total. The zero-order valence-electron chi connectivity index (χ0n) is 18.8. The van der Waals surface area contributed by atoms with Gasteiger partial charge in [-0.05, 0) is 44.2 Å². The number of hydrogen-bond donors (Lipinski definition) is 0. The molecule has 0 bridgehead atoms. The fraction of sp³-hybridized carbons (Fsp3) is 0.240. The van der Waals surface area contributed by atoms with Crippen LogP contribution in [0.2, 0.25) is 0 Å². The third kappa shape index (κ3) is 5.29. The minimum Gasteiger partial charge on any atom is -0.496 e. The average Bonchev–Trinajstić information content (AvgIpc) is 2.78. The highest BCUT2D eigenvalue weighted by Crippen LogP contribution is 2.25. The number of anilines is 1. The molecule has 0 radical (unpaired) electrons. The number of nitrogens with zero attached hydrogens (tertiary/aromatic N) is 2. The van der Waals surface area contributed by atoms with Crippen molar-refractivity contribution in [3.63, 3.8) is 0 Å². The first-order valence-corrected chi connectivity index (χ1v) is 11.7. The maximum absolute atomic E-state index is 13.5. The molecule has 7 heteroatoms. The lowest BCUT2D eigenvalue weighted by atomic mass is 10.2. The molecule has 0 saturated heterocycles. The van der Waals surface area contributed by atoms with E-state index in [-0.39, 0.29) is 17.3 Å². The third-order valence-electron chi connectivity index (χ3n) is 5.24. The molecular weight excluding hydrogens is 424 g/mol. The molecule has 1 amide bonds. The van der Waals surface area contributed by atoms with Gasteiger partial charge in [0.2, 0.25) is 5.91 Å². The zero-order chi connectivity index (χ0) is 23.3. The van der Waals surface area contributed by atoms with Gasteiger partial charge in [-0.15, -0.1) is 0 Å². The van der Waals surface area contributed by atoms with Gasteiger partial charge in [-0.1, -0.05) is 53.6 Å². The molecule has 0 saturated carbocycles. The normalized spacial score (nSPS) is 11.1. The molecule has 0 aliphatic rings. The Balaban J connectivity index is 1.90. The molecule has 0 unspecified atom stereocenters. The van der Waals surface area contributed by atoms with Crippen LogP contribution in [0.5, 0.6) is 5.75 Å². The molecule has 3 aromatic carbocycles. The third-order valence-corrected chi connectivity index (χ3v) is 7.02. The number of rotatable bonds is 8. The highest BCUT2D eigenvalue weighted by atomic mass is 32.2. The Morgan fingerprint density at radius 2 is 1.44 bits per heavy atom. The molecular formula is C25H28N2O4S. The molecule has 0 heterocycles. The Bertz CT molecular complexity index is 1170. The Labute approximate surface area is 190 Å². The average molecular weight is 453 g/mol. The van der Waals surface area contributed by atoms with Crippen LogP contribution >= 0.6 is 0 Å². The Morgan fingerprint density at radius 3 is 2.03 bits per heavy atom. The quantitative estimate of drug-likeness (QED) is 0.515. The van der Waals surface area contributed by atoms with Crippen LogP contribution in [0.4, 0.5) is 5.69 Å². The van der Waals surface area contributed by atoms with Crippen molar-refractivity contribution in [3.05, 3.63) is 89.5 Å². The summed E-state index contributed by atoms with van der Waals surface area (Å²) in [6.07, 6.45) is 0. The highest BCUT2D eigenvalue weighted by Gasteiger charge is 2.28. The van der Waals surface area contributed by atoms with E-state index in [0.29, 0.717) is 18.0 Å². The molecule has 3 rings (SSSR count). The van der Waals surface area contributed by atoms with Crippen molar-refractivity contribution in [2.75, 3.05) is 25.0 Å². The summed E-state index contributed by atoms with van der Waals surface area (Å²) in [6.45, 7) is 3.80. The van der Waals surface area contributed by atoms with E-state index in [0.717, 1.165) is 21.0 Å². The minimum absolute atomic E-state index is 0.142. The van der Waals surface area contributed by atoms with Crippen molar-refractivity contribution in [2.24, 2.45) is 0 Å². The van der Waals surface area contributed by atoms with Crippen LogP contribution < -0.4 is 9.04 Å². The predicted molar refractivity (Wildman–Crippen MR) is 126 cm³/mol. The second-order valence-corrected chi connectivity index (χ2v) is 9.58. The first-order valence-electron chi connectivity index (χ1n) is 10.2. The number of methoxy groups -OCH3 is 1. The number of aryl methyl sites for hydroxylation is 2. The number of carbonyl (C=O) groups is 1. The number of sulfonamides is 1. The first kappa shape index (κ1) is 23.3. The minimum atomic E-state index is -3.94. The largest absolute Gasteiger partial charge is 0.496 e. The van der Waals surface area contributed by atoms with Crippen molar-refractivity contribution in [1.29, 1.82) is 0 Å². The van der Waals surface area contributed by atoms with Gasteiger partial charge in [0.15, 0.2) is 0 Å². The van der Waals surface area contributed by atoms with Crippen molar-refractivity contribution in [1.82, 2.24) is 4.90 Å². The lowest BCUT2D eigenvalue weighted by Crippen LogP contribution is -2.41. The Hall–Kier alpha value is -3.32. The molecule has 168 valence electrons.